The van der Waals surface area contributed by atoms with Gasteiger partial charge < -0.3 is 20.3 Å². The van der Waals surface area contributed by atoms with Gasteiger partial charge in [-0.25, -0.2) is 9.78 Å². The summed E-state index contributed by atoms with van der Waals surface area (Å²) in [5, 5.41) is 8.85. The van der Waals surface area contributed by atoms with E-state index in [1.54, 1.807) is 31.3 Å². The van der Waals surface area contributed by atoms with Gasteiger partial charge in [0, 0.05) is 31.0 Å². The fourth-order valence-electron chi connectivity index (χ4n) is 3.47. The summed E-state index contributed by atoms with van der Waals surface area (Å²) in [5.41, 5.74) is 3.82. The molecule has 1 aliphatic heterocycles. The number of anilines is 3. The third kappa shape index (κ3) is 4.28. The van der Waals surface area contributed by atoms with Crippen LogP contribution in [0, 0.1) is 0 Å². The maximum Gasteiger partial charge on any atom is 0.323 e. The average molecular weight is 417 g/mol. The summed E-state index contributed by atoms with van der Waals surface area (Å²) in [6, 6.07) is 16.5. The number of hydrogen-bond acceptors (Lipinski definition) is 5. The fraction of sp³-hybridized carbons (Fsp3) is 0.174. The van der Waals surface area contributed by atoms with E-state index in [1.807, 2.05) is 48.5 Å². The molecule has 3 N–H and O–H groups in total. The maximum absolute atomic E-state index is 12.6. The molecule has 8 nitrogen and oxygen atoms in total. The van der Waals surface area contributed by atoms with E-state index in [1.165, 1.54) is 0 Å². The predicted molar refractivity (Wildman–Crippen MR) is 119 cm³/mol. The molecule has 0 fully saturated rings. The Morgan fingerprint density at radius 1 is 1.13 bits per heavy atom. The van der Waals surface area contributed by atoms with E-state index in [9.17, 15) is 9.59 Å². The summed E-state index contributed by atoms with van der Waals surface area (Å²) in [6.07, 6.45) is 1.63. The Hall–Kier alpha value is -4.07. The van der Waals surface area contributed by atoms with E-state index in [-0.39, 0.29) is 11.9 Å². The highest BCUT2D eigenvalue weighted by molar-refractivity contribution is 6.00. The van der Waals surface area contributed by atoms with Crippen LogP contribution in [0.3, 0.4) is 0 Å². The highest BCUT2D eigenvalue weighted by atomic mass is 16.5. The molecule has 0 aliphatic carbocycles. The van der Waals surface area contributed by atoms with Gasteiger partial charge in [-0.15, -0.1) is 0 Å². The zero-order valence-electron chi connectivity index (χ0n) is 17.3. The van der Waals surface area contributed by atoms with Crippen LogP contribution in [0.4, 0.5) is 22.0 Å². The molecule has 0 radical (unpaired) electrons. The smallest absolute Gasteiger partial charge is 0.323 e. The monoisotopic (exact) mass is 417 g/mol. The summed E-state index contributed by atoms with van der Waals surface area (Å²) >= 11 is 0. The number of carbonyl (C=O) groups is 2. The van der Waals surface area contributed by atoms with Crippen molar-refractivity contribution < 1.29 is 14.3 Å². The molecule has 8 heteroatoms. The van der Waals surface area contributed by atoms with E-state index in [4.69, 9.17) is 4.74 Å². The minimum atomic E-state index is -0.210. The van der Waals surface area contributed by atoms with Crippen LogP contribution in [0.15, 0.2) is 60.8 Å². The second-order valence-corrected chi connectivity index (χ2v) is 7.07. The topological polar surface area (TPSA) is 95.6 Å². The first-order valence-corrected chi connectivity index (χ1v) is 9.84. The van der Waals surface area contributed by atoms with Gasteiger partial charge in [0.05, 0.1) is 24.9 Å². The first kappa shape index (κ1) is 20.2. The molecular weight excluding hydrogens is 394 g/mol. The van der Waals surface area contributed by atoms with Crippen LogP contribution in [-0.4, -0.2) is 36.0 Å². The largest absolute Gasteiger partial charge is 0.497 e. The molecule has 0 bridgehead atoms. The highest BCUT2D eigenvalue weighted by Gasteiger charge is 2.26. The van der Waals surface area contributed by atoms with Gasteiger partial charge in [-0.05, 0) is 35.9 Å². The molecular formula is C23H23N5O3. The lowest BCUT2D eigenvalue weighted by molar-refractivity contribution is 0.0964. The van der Waals surface area contributed by atoms with Gasteiger partial charge in [0.25, 0.3) is 5.91 Å². The number of aromatic nitrogens is 1. The molecule has 3 aromatic rings. The second-order valence-electron chi connectivity index (χ2n) is 7.07. The molecule has 0 atom stereocenters. The van der Waals surface area contributed by atoms with Gasteiger partial charge in [-0.2, -0.15) is 0 Å². The van der Waals surface area contributed by atoms with Crippen LogP contribution in [0.1, 0.15) is 21.5 Å². The standard InChI is InChI=1S/C23H23N5O3/c1-24-22(29)17-5-3-4-6-19(17)26-20-11-12-25-21-18(20)14-28(23(30)27-21)13-15-7-9-16(31-2)10-8-15/h3-12H,13-14H2,1-2H3,(H,24,29)(H2,25,26,27,30). The molecule has 0 saturated heterocycles. The number of methoxy groups -OCH3 is 1. The molecule has 158 valence electrons. The van der Waals surface area contributed by atoms with Gasteiger partial charge in [0.15, 0.2) is 0 Å². The van der Waals surface area contributed by atoms with Crippen LogP contribution in [0.2, 0.25) is 0 Å². The molecule has 1 aliphatic rings. The number of hydrogen-bond donors (Lipinski definition) is 3. The molecule has 3 amide bonds. The minimum Gasteiger partial charge on any atom is -0.497 e. The van der Waals surface area contributed by atoms with Crippen molar-refractivity contribution in [3.05, 3.63) is 77.5 Å². The Bertz CT molecular complexity index is 1110. The summed E-state index contributed by atoms with van der Waals surface area (Å²) in [7, 11) is 3.22. The van der Waals surface area contributed by atoms with Gasteiger partial charge in [0.2, 0.25) is 0 Å². The van der Waals surface area contributed by atoms with Crippen LogP contribution >= 0.6 is 0 Å². The molecule has 2 aromatic carbocycles. The zero-order chi connectivity index (χ0) is 21.8. The van der Waals surface area contributed by atoms with E-state index >= 15 is 0 Å². The lowest BCUT2D eigenvalue weighted by Crippen LogP contribution is -2.38. The first-order chi connectivity index (χ1) is 15.1. The van der Waals surface area contributed by atoms with Crippen LogP contribution in [0.25, 0.3) is 0 Å². The number of urea groups is 1. The third-order valence-electron chi connectivity index (χ3n) is 5.12. The quantitative estimate of drug-likeness (QED) is 0.568. The third-order valence-corrected chi connectivity index (χ3v) is 5.12. The highest BCUT2D eigenvalue weighted by Crippen LogP contribution is 2.32. The minimum absolute atomic E-state index is 0.180. The molecule has 0 unspecified atom stereocenters. The number of fused-ring (bicyclic) bond motifs is 1. The number of nitrogens with zero attached hydrogens (tertiary/aromatic N) is 2. The van der Waals surface area contributed by atoms with Gasteiger partial charge in [-0.3, -0.25) is 10.1 Å². The molecule has 1 aromatic heterocycles. The normalized spacial score (nSPS) is 12.6. The average Bonchev–Trinajstić information content (AvgIpc) is 2.80. The lowest BCUT2D eigenvalue weighted by Gasteiger charge is -2.30. The van der Waals surface area contributed by atoms with E-state index in [2.05, 4.69) is 20.9 Å². The molecule has 2 heterocycles. The first-order valence-electron chi connectivity index (χ1n) is 9.84. The van der Waals surface area contributed by atoms with Gasteiger partial charge in [-0.1, -0.05) is 24.3 Å². The number of ether oxygens (including phenoxy) is 1. The molecule has 0 spiro atoms. The van der Waals surface area contributed by atoms with Crippen molar-refractivity contribution in [3.63, 3.8) is 0 Å². The van der Waals surface area contributed by atoms with Crippen molar-refractivity contribution >= 4 is 29.1 Å². The Balaban J connectivity index is 1.60. The number of para-hydroxylation sites is 1. The van der Waals surface area contributed by atoms with Crippen molar-refractivity contribution in [3.8, 4) is 5.75 Å². The SMILES string of the molecule is CNC(=O)c1ccccc1Nc1ccnc2c1CN(Cc1ccc(OC)cc1)C(=O)N2. The molecule has 31 heavy (non-hydrogen) atoms. The Morgan fingerprint density at radius 2 is 1.90 bits per heavy atom. The number of benzene rings is 2. The van der Waals surface area contributed by atoms with E-state index in [0.29, 0.717) is 30.2 Å². The number of amides is 3. The number of rotatable bonds is 6. The lowest BCUT2D eigenvalue weighted by atomic mass is 10.1. The molecule has 0 saturated carbocycles. The van der Waals surface area contributed by atoms with Crippen molar-refractivity contribution in [1.82, 2.24) is 15.2 Å². The Kier molecular flexibility index (Phi) is 5.70. The predicted octanol–water partition coefficient (Wildman–Crippen LogP) is 3.74. The van der Waals surface area contributed by atoms with Crippen molar-refractivity contribution in [1.29, 1.82) is 0 Å². The van der Waals surface area contributed by atoms with E-state index < -0.39 is 0 Å². The van der Waals surface area contributed by atoms with Crippen LogP contribution in [0.5, 0.6) is 5.75 Å². The number of carbonyl (C=O) groups excluding carboxylic acids is 2. The summed E-state index contributed by atoms with van der Waals surface area (Å²) in [5.74, 6) is 1.10. The second kappa shape index (κ2) is 8.74. The summed E-state index contributed by atoms with van der Waals surface area (Å²) in [6.45, 7) is 0.823. The summed E-state index contributed by atoms with van der Waals surface area (Å²) < 4.78 is 5.20. The van der Waals surface area contributed by atoms with Gasteiger partial charge >= 0.3 is 6.03 Å². The van der Waals surface area contributed by atoms with Crippen LogP contribution in [-0.2, 0) is 13.1 Å². The zero-order valence-corrected chi connectivity index (χ0v) is 17.3. The maximum atomic E-state index is 12.6. The molecule has 4 rings (SSSR count). The van der Waals surface area contributed by atoms with E-state index in [0.717, 1.165) is 22.6 Å². The number of pyridine rings is 1. The number of nitrogens with one attached hydrogen (secondary N) is 3. The summed E-state index contributed by atoms with van der Waals surface area (Å²) in [4.78, 5) is 30.9. The Labute approximate surface area is 180 Å². The van der Waals surface area contributed by atoms with Crippen molar-refractivity contribution in [2.24, 2.45) is 0 Å². The van der Waals surface area contributed by atoms with Crippen LogP contribution < -0.4 is 20.7 Å². The van der Waals surface area contributed by atoms with Crippen molar-refractivity contribution in [2.75, 3.05) is 24.8 Å². The van der Waals surface area contributed by atoms with Crippen molar-refractivity contribution in [2.45, 2.75) is 13.1 Å². The van der Waals surface area contributed by atoms with Gasteiger partial charge in [0.1, 0.15) is 11.6 Å². The Morgan fingerprint density at radius 3 is 2.65 bits per heavy atom. The fourth-order valence-corrected chi connectivity index (χ4v) is 3.47.